The summed E-state index contributed by atoms with van der Waals surface area (Å²) in [6.07, 6.45) is 1.50. The monoisotopic (exact) mass is 191 g/mol. The van der Waals surface area contributed by atoms with Gasteiger partial charge in [0.15, 0.2) is 0 Å². The predicted molar refractivity (Wildman–Crippen MR) is 50.7 cm³/mol. The van der Waals surface area contributed by atoms with Crippen LogP contribution in [0.15, 0.2) is 12.7 Å². The number of ether oxygens (including phenoxy) is 1. The Hall–Kier alpha value is -0.550. The highest BCUT2D eigenvalue weighted by Gasteiger charge is 1.99. The summed E-state index contributed by atoms with van der Waals surface area (Å²) in [7, 11) is 0. The van der Waals surface area contributed by atoms with E-state index < -0.39 is 0 Å². The van der Waals surface area contributed by atoms with Crippen LogP contribution in [0.5, 0.6) is 0 Å². The van der Waals surface area contributed by atoms with Gasteiger partial charge in [-0.25, -0.2) is 0 Å². The van der Waals surface area contributed by atoms with Crippen LogP contribution in [-0.4, -0.2) is 23.4 Å². The Morgan fingerprint density at radius 3 is 2.91 bits per heavy atom. The molecule has 1 N–H and O–H groups in total. The van der Waals surface area contributed by atoms with Crippen LogP contribution in [-0.2, 0) is 9.53 Å². The second-order valence-corrected chi connectivity index (χ2v) is 2.79. The molecule has 0 rings (SSSR count). The number of thiol groups is 1. The van der Waals surface area contributed by atoms with Crippen molar-refractivity contribution in [3.05, 3.63) is 12.7 Å². The minimum Gasteiger partial charge on any atom is -0.460 e. The van der Waals surface area contributed by atoms with Gasteiger partial charge in [0.25, 0.3) is 0 Å². The molecule has 0 aromatic heterocycles. The van der Waals surface area contributed by atoms with Crippen LogP contribution < -0.4 is 5.32 Å². The quantitative estimate of drug-likeness (QED) is 0.294. The molecule has 0 aliphatic heterocycles. The molecule has 0 saturated heterocycles. The van der Waals surface area contributed by atoms with Crippen molar-refractivity contribution in [2.75, 3.05) is 13.2 Å². The molecule has 0 atom stereocenters. The van der Waals surface area contributed by atoms with Crippen molar-refractivity contribution in [3.8, 4) is 0 Å². The highest BCUT2D eigenvalue weighted by Crippen LogP contribution is 1.80. The second-order valence-electron chi connectivity index (χ2n) is 1.63. The third-order valence-corrected chi connectivity index (χ3v) is 1.05. The zero-order valence-electron chi connectivity index (χ0n) is 5.87. The van der Waals surface area contributed by atoms with E-state index in [0.717, 1.165) is 0 Å². The minimum absolute atomic E-state index is 0.0518. The molecular formula is C6H9NO2S2. The second kappa shape index (κ2) is 6.18. The van der Waals surface area contributed by atoms with Gasteiger partial charge in [-0.05, 0) is 0 Å². The van der Waals surface area contributed by atoms with E-state index in [-0.39, 0.29) is 23.4 Å². The zero-order valence-corrected chi connectivity index (χ0v) is 7.58. The lowest BCUT2D eigenvalue weighted by atomic mass is 10.6. The van der Waals surface area contributed by atoms with Gasteiger partial charge in [-0.1, -0.05) is 24.9 Å². The smallest absolute Gasteiger partial charge is 0.325 e. The number of nitrogens with one attached hydrogen (secondary N) is 1. The van der Waals surface area contributed by atoms with Gasteiger partial charge in [0.05, 0.1) is 0 Å². The van der Waals surface area contributed by atoms with E-state index in [4.69, 9.17) is 0 Å². The van der Waals surface area contributed by atoms with Gasteiger partial charge in [0, 0.05) is 0 Å². The number of carbonyl (C=O) groups excluding carboxylic acids is 1. The average molecular weight is 191 g/mol. The van der Waals surface area contributed by atoms with Gasteiger partial charge in [0.1, 0.15) is 17.5 Å². The molecule has 0 fully saturated rings. The third-order valence-electron chi connectivity index (χ3n) is 0.746. The highest BCUT2D eigenvalue weighted by molar-refractivity contribution is 8.11. The lowest BCUT2D eigenvalue weighted by Gasteiger charge is -2.02. The molecule has 0 bridgehead atoms. The first kappa shape index (κ1) is 10.4. The zero-order chi connectivity index (χ0) is 8.69. The Bertz CT molecular complexity index is 170. The van der Waals surface area contributed by atoms with Crippen LogP contribution in [0.2, 0.25) is 0 Å². The van der Waals surface area contributed by atoms with Crippen molar-refractivity contribution >= 4 is 35.1 Å². The van der Waals surface area contributed by atoms with Crippen LogP contribution >= 0.6 is 24.8 Å². The molecule has 0 unspecified atom stereocenters. The predicted octanol–water partition coefficient (Wildman–Crippen LogP) is 0.520. The maximum atomic E-state index is 10.7. The summed E-state index contributed by atoms with van der Waals surface area (Å²) in [6.45, 7) is 3.66. The molecule has 0 saturated carbocycles. The van der Waals surface area contributed by atoms with E-state index in [9.17, 15) is 4.79 Å². The first-order valence-electron chi connectivity index (χ1n) is 2.90. The van der Waals surface area contributed by atoms with E-state index in [2.05, 4.69) is 41.5 Å². The Kier molecular flexibility index (Phi) is 5.87. The van der Waals surface area contributed by atoms with Gasteiger partial charge in [-0.3, -0.25) is 4.79 Å². The van der Waals surface area contributed by atoms with Gasteiger partial charge in [-0.2, -0.15) is 0 Å². The van der Waals surface area contributed by atoms with Gasteiger partial charge < -0.3 is 10.1 Å². The number of esters is 1. The van der Waals surface area contributed by atoms with Crippen molar-refractivity contribution in [3.63, 3.8) is 0 Å². The molecule has 0 aromatic rings. The minimum atomic E-state index is -0.374. The molecule has 3 nitrogen and oxygen atoms in total. The van der Waals surface area contributed by atoms with Crippen LogP contribution in [0.25, 0.3) is 0 Å². The van der Waals surface area contributed by atoms with Crippen LogP contribution in [0.3, 0.4) is 0 Å². The van der Waals surface area contributed by atoms with Crippen LogP contribution in [0.4, 0.5) is 0 Å². The fraction of sp³-hybridized carbons (Fsp3) is 0.333. The number of rotatable bonds is 4. The maximum Gasteiger partial charge on any atom is 0.325 e. The molecule has 0 spiro atoms. The molecule has 0 amide bonds. The number of carbonyl (C=O) groups is 1. The largest absolute Gasteiger partial charge is 0.460 e. The van der Waals surface area contributed by atoms with Crippen LogP contribution in [0, 0.1) is 0 Å². The first-order valence-corrected chi connectivity index (χ1v) is 3.75. The van der Waals surface area contributed by atoms with E-state index in [1.54, 1.807) is 0 Å². The van der Waals surface area contributed by atoms with Gasteiger partial charge in [-0.15, -0.1) is 12.6 Å². The Morgan fingerprint density at radius 2 is 2.45 bits per heavy atom. The topological polar surface area (TPSA) is 38.3 Å². The summed E-state index contributed by atoms with van der Waals surface area (Å²) in [6, 6.07) is 0. The summed E-state index contributed by atoms with van der Waals surface area (Å²) in [5.74, 6) is -0.374. The fourth-order valence-electron chi connectivity index (χ4n) is 0.351. The van der Waals surface area contributed by atoms with E-state index >= 15 is 0 Å². The third kappa shape index (κ3) is 7.35. The van der Waals surface area contributed by atoms with E-state index in [1.165, 1.54) is 6.08 Å². The number of hydrogen-bond acceptors (Lipinski definition) is 3. The molecule has 0 heterocycles. The van der Waals surface area contributed by atoms with Crippen molar-refractivity contribution in [2.24, 2.45) is 0 Å². The molecule has 62 valence electrons. The molecule has 0 aliphatic carbocycles. The molecule has 0 radical (unpaired) electrons. The summed E-state index contributed by atoms with van der Waals surface area (Å²) in [5.41, 5.74) is 0. The molecule has 11 heavy (non-hydrogen) atoms. The fourth-order valence-corrected chi connectivity index (χ4v) is 0.502. The number of thiocarbonyl (C=S) groups is 1. The Balaban J connectivity index is 3.37. The van der Waals surface area contributed by atoms with Crippen molar-refractivity contribution in [1.82, 2.24) is 5.32 Å². The highest BCUT2D eigenvalue weighted by atomic mass is 32.1. The summed E-state index contributed by atoms with van der Waals surface area (Å²) >= 11 is 8.31. The maximum absolute atomic E-state index is 10.7. The lowest BCUT2D eigenvalue weighted by molar-refractivity contribution is -0.140. The average Bonchev–Trinajstić information content (AvgIpc) is 1.97. The lowest BCUT2D eigenvalue weighted by Crippen LogP contribution is -2.26. The van der Waals surface area contributed by atoms with Crippen molar-refractivity contribution in [2.45, 2.75) is 0 Å². The summed E-state index contributed by atoms with van der Waals surface area (Å²) in [5, 5.41) is 2.54. The standard InChI is InChI=1S/C6H9NO2S2/c1-2-3-9-5(8)4-7-6(10)11/h2H,1,3-4H2,(H2,7,10,11). The molecule has 5 heteroatoms. The van der Waals surface area contributed by atoms with Gasteiger partial charge >= 0.3 is 5.97 Å². The van der Waals surface area contributed by atoms with Crippen LogP contribution in [0.1, 0.15) is 0 Å². The van der Waals surface area contributed by atoms with E-state index in [1.807, 2.05) is 0 Å². The first-order chi connectivity index (χ1) is 5.16. The molecule has 0 aromatic carbocycles. The summed E-state index contributed by atoms with van der Waals surface area (Å²) < 4.78 is 4.91. The number of hydrogen-bond donors (Lipinski definition) is 2. The molecule has 0 aliphatic rings. The molecular weight excluding hydrogens is 182 g/mol. The van der Waals surface area contributed by atoms with Gasteiger partial charge in [0.2, 0.25) is 0 Å². The SMILES string of the molecule is C=CCOC(=O)CNC(=S)S. The van der Waals surface area contributed by atoms with Crippen molar-refractivity contribution < 1.29 is 9.53 Å². The summed E-state index contributed by atoms with van der Waals surface area (Å²) in [4.78, 5) is 10.7. The normalized spacial score (nSPS) is 8.45. The Labute approximate surface area is 76.2 Å². The van der Waals surface area contributed by atoms with Crippen molar-refractivity contribution in [1.29, 1.82) is 0 Å². The van der Waals surface area contributed by atoms with E-state index in [0.29, 0.717) is 0 Å². The Morgan fingerprint density at radius 1 is 1.82 bits per heavy atom.